The lowest BCUT2D eigenvalue weighted by atomic mass is 10.0. The first-order valence-corrected chi connectivity index (χ1v) is 9.76. The zero-order valence-electron chi connectivity index (χ0n) is 15.7. The highest BCUT2D eigenvalue weighted by atomic mass is 35.5. The van der Waals surface area contributed by atoms with Crippen LogP contribution in [0.1, 0.15) is 18.5 Å². The van der Waals surface area contributed by atoms with Gasteiger partial charge in [0, 0.05) is 33.8 Å². The first kappa shape index (κ1) is 17.6. The molecule has 0 saturated carbocycles. The van der Waals surface area contributed by atoms with Gasteiger partial charge in [0.25, 0.3) is 0 Å². The van der Waals surface area contributed by atoms with E-state index in [1.54, 1.807) is 12.5 Å². The molecule has 0 saturated heterocycles. The molecule has 2 N–H and O–H groups in total. The van der Waals surface area contributed by atoms with Gasteiger partial charge in [-0.2, -0.15) is 0 Å². The number of nitrogens with one attached hydrogen (secondary N) is 2. The van der Waals surface area contributed by atoms with Crippen LogP contribution in [0, 0.1) is 0 Å². The molecule has 1 unspecified atom stereocenters. The number of pyridine rings is 1. The van der Waals surface area contributed by atoms with Gasteiger partial charge in [0.1, 0.15) is 17.8 Å². The largest absolute Gasteiger partial charge is 0.363 e. The van der Waals surface area contributed by atoms with Crippen LogP contribution in [0.3, 0.4) is 0 Å². The van der Waals surface area contributed by atoms with Crippen molar-refractivity contribution in [2.45, 2.75) is 13.0 Å². The summed E-state index contributed by atoms with van der Waals surface area (Å²) in [6.07, 6.45) is 5.37. The van der Waals surface area contributed by atoms with Crippen molar-refractivity contribution in [3.05, 3.63) is 83.9 Å². The van der Waals surface area contributed by atoms with Crippen LogP contribution in [0.2, 0.25) is 5.02 Å². The van der Waals surface area contributed by atoms with E-state index in [0.717, 1.165) is 49.5 Å². The van der Waals surface area contributed by atoms with Crippen molar-refractivity contribution in [3.8, 4) is 11.1 Å². The van der Waals surface area contributed by atoms with Crippen LogP contribution in [0.5, 0.6) is 0 Å². The SMILES string of the molecule is CC(Nc1ncnc2ccc(-c3c[nH]c4ncccc34)cc12)c1cccc(Cl)c1. The molecule has 0 aliphatic carbocycles. The van der Waals surface area contributed by atoms with Gasteiger partial charge in [0.05, 0.1) is 11.6 Å². The number of halogens is 1. The Morgan fingerprint density at radius 2 is 1.90 bits per heavy atom. The van der Waals surface area contributed by atoms with Crippen LogP contribution < -0.4 is 5.32 Å². The van der Waals surface area contributed by atoms with Gasteiger partial charge < -0.3 is 10.3 Å². The summed E-state index contributed by atoms with van der Waals surface area (Å²) < 4.78 is 0. The summed E-state index contributed by atoms with van der Waals surface area (Å²) in [5.74, 6) is 0.794. The van der Waals surface area contributed by atoms with Gasteiger partial charge >= 0.3 is 0 Å². The zero-order chi connectivity index (χ0) is 19.8. The number of nitrogens with zero attached hydrogens (tertiary/aromatic N) is 3. The Morgan fingerprint density at radius 3 is 2.79 bits per heavy atom. The smallest absolute Gasteiger partial charge is 0.137 e. The van der Waals surface area contributed by atoms with Crippen LogP contribution in [0.4, 0.5) is 5.82 Å². The summed E-state index contributed by atoms with van der Waals surface area (Å²) in [5.41, 5.74) is 5.06. The van der Waals surface area contributed by atoms with E-state index in [2.05, 4.69) is 56.4 Å². The lowest BCUT2D eigenvalue weighted by molar-refractivity contribution is 0.876. The third kappa shape index (κ3) is 3.30. The molecule has 29 heavy (non-hydrogen) atoms. The second-order valence-corrected chi connectivity index (χ2v) is 7.41. The molecule has 0 bridgehead atoms. The molecule has 0 aliphatic rings. The first-order chi connectivity index (χ1) is 14.2. The standard InChI is InChI=1S/C23H18ClN5/c1-14(15-4-2-5-17(24)10-15)29-23-19-11-16(7-8-21(19)27-13-28-23)20-12-26-22-18(20)6-3-9-25-22/h2-14H,1H3,(H,25,26)(H,27,28,29). The molecule has 5 rings (SSSR count). The molecule has 5 nitrogen and oxygen atoms in total. The quantitative estimate of drug-likeness (QED) is 0.389. The molecule has 3 aromatic heterocycles. The maximum Gasteiger partial charge on any atom is 0.137 e. The number of hydrogen-bond acceptors (Lipinski definition) is 4. The van der Waals surface area contributed by atoms with Crippen molar-refractivity contribution < 1.29 is 0 Å². The highest BCUT2D eigenvalue weighted by molar-refractivity contribution is 6.30. The summed E-state index contributed by atoms with van der Waals surface area (Å²) in [6, 6.07) is 18.1. The Hall–Kier alpha value is -3.44. The van der Waals surface area contributed by atoms with Crippen LogP contribution in [-0.4, -0.2) is 19.9 Å². The Kier molecular flexibility index (Phi) is 4.37. The lowest BCUT2D eigenvalue weighted by Crippen LogP contribution is -2.08. The number of aromatic nitrogens is 4. The lowest BCUT2D eigenvalue weighted by Gasteiger charge is -2.16. The van der Waals surface area contributed by atoms with E-state index >= 15 is 0 Å². The molecule has 3 heterocycles. The Bertz CT molecular complexity index is 1330. The Balaban J connectivity index is 1.57. The second kappa shape index (κ2) is 7.18. The van der Waals surface area contributed by atoms with Crippen molar-refractivity contribution in [3.63, 3.8) is 0 Å². The van der Waals surface area contributed by atoms with Crippen molar-refractivity contribution in [2.75, 3.05) is 5.32 Å². The van der Waals surface area contributed by atoms with Crippen LogP contribution in [0.15, 0.2) is 73.3 Å². The minimum atomic E-state index is 0.0488. The average Bonchev–Trinajstić information content (AvgIpc) is 3.18. The Labute approximate surface area is 172 Å². The predicted molar refractivity (Wildman–Crippen MR) is 118 cm³/mol. The van der Waals surface area contributed by atoms with E-state index in [1.165, 1.54) is 0 Å². The van der Waals surface area contributed by atoms with E-state index in [1.807, 2.05) is 36.5 Å². The van der Waals surface area contributed by atoms with Gasteiger partial charge in [0.2, 0.25) is 0 Å². The summed E-state index contributed by atoms with van der Waals surface area (Å²) in [5, 5.41) is 6.29. The Morgan fingerprint density at radius 1 is 0.966 bits per heavy atom. The first-order valence-electron chi connectivity index (χ1n) is 9.38. The molecule has 5 aromatic rings. The summed E-state index contributed by atoms with van der Waals surface area (Å²) in [4.78, 5) is 16.6. The number of aromatic amines is 1. The molecule has 0 radical (unpaired) electrons. The minimum absolute atomic E-state index is 0.0488. The second-order valence-electron chi connectivity index (χ2n) is 6.98. The molecular weight excluding hydrogens is 382 g/mol. The number of rotatable bonds is 4. The van der Waals surface area contributed by atoms with Gasteiger partial charge in [-0.15, -0.1) is 0 Å². The molecule has 142 valence electrons. The van der Waals surface area contributed by atoms with E-state index in [-0.39, 0.29) is 6.04 Å². The van der Waals surface area contributed by atoms with Crippen molar-refractivity contribution in [1.82, 2.24) is 19.9 Å². The van der Waals surface area contributed by atoms with E-state index in [9.17, 15) is 0 Å². The fraction of sp³-hybridized carbons (Fsp3) is 0.0870. The highest BCUT2D eigenvalue weighted by Gasteiger charge is 2.12. The topological polar surface area (TPSA) is 66.5 Å². The van der Waals surface area contributed by atoms with Gasteiger partial charge in [-0.05, 0) is 54.4 Å². The molecule has 0 fully saturated rings. The van der Waals surface area contributed by atoms with Gasteiger partial charge in [-0.3, -0.25) is 0 Å². The monoisotopic (exact) mass is 399 g/mol. The maximum atomic E-state index is 6.15. The number of benzene rings is 2. The van der Waals surface area contributed by atoms with Gasteiger partial charge in [-0.25, -0.2) is 15.0 Å². The molecule has 2 aromatic carbocycles. The maximum absolute atomic E-state index is 6.15. The van der Waals surface area contributed by atoms with E-state index in [0.29, 0.717) is 0 Å². The van der Waals surface area contributed by atoms with E-state index < -0.39 is 0 Å². The highest BCUT2D eigenvalue weighted by Crippen LogP contribution is 2.32. The van der Waals surface area contributed by atoms with Gasteiger partial charge in [0.15, 0.2) is 0 Å². The summed E-state index contributed by atoms with van der Waals surface area (Å²) in [7, 11) is 0. The fourth-order valence-corrected chi connectivity index (χ4v) is 3.80. The molecule has 0 spiro atoms. The van der Waals surface area contributed by atoms with E-state index in [4.69, 9.17) is 11.6 Å². The van der Waals surface area contributed by atoms with Crippen molar-refractivity contribution in [1.29, 1.82) is 0 Å². The van der Waals surface area contributed by atoms with Gasteiger partial charge in [-0.1, -0.05) is 29.8 Å². The summed E-state index contributed by atoms with van der Waals surface area (Å²) >= 11 is 6.15. The van der Waals surface area contributed by atoms with Crippen LogP contribution in [-0.2, 0) is 0 Å². The summed E-state index contributed by atoms with van der Waals surface area (Å²) in [6.45, 7) is 2.09. The molecular formula is C23H18ClN5. The third-order valence-corrected chi connectivity index (χ3v) is 5.33. The number of fused-ring (bicyclic) bond motifs is 2. The molecule has 6 heteroatoms. The van der Waals surface area contributed by atoms with Crippen LogP contribution in [0.25, 0.3) is 33.1 Å². The molecule has 0 aliphatic heterocycles. The number of hydrogen-bond donors (Lipinski definition) is 2. The minimum Gasteiger partial charge on any atom is -0.363 e. The number of H-pyrrole nitrogens is 1. The predicted octanol–water partition coefficient (Wildman–Crippen LogP) is 6.00. The third-order valence-electron chi connectivity index (χ3n) is 5.10. The zero-order valence-corrected chi connectivity index (χ0v) is 16.5. The number of anilines is 1. The molecule has 1 atom stereocenters. The normalized spacial score (nSPS) is 12.3. The van der Waals surface area contributed by atoms with Crippen LogP contribution >= 0.6 is 11.6 Å². The van der Waals surface area contributed by atoms with Crippen molar-refractivity contribution in [2.24, 2.45) is 0 Å². The molecule has 0 amide bonds. The average molecular weight is 400 g/mol. The fourth-order valence-electron chi connectivity index (χ4n) is 3.60. The van der Waals surface area contributed by atoms with Crippen molar-refractivity contribution >= 4 is 39.4 Å².